The van der Waals surface area contributed by atoms with E-state index in [1.54, 1.807) is 0 Å². The average Bonchev–Trinajstić information content (AvgIpc) is 2.58. The number of hydrogen-bond donors (Lipinski definition) is 2. The Morgan fingerprint density at radius 1 is 0.783 bits per heavy atom. The molecular weight excluding hydrogens is 435 g/mol. The fraction of sp³-hybridized carbons (Fsp3) is 0.684. The molecule has 0 spiro atoms. The number of benzene rings is 1. The predicted molar refractivity (Wildman–Crippen MR) is 117 cm³/mol. The van der Waals surface area contributed by atoms with E-state index in [2.05, 4.69) is 60.0 Å². The smallest absolute Gasteiger partial charge is 0.119 e. The van der Waals surface area contributed by atoms with Gasteiger partial charge in [-0.3, -0.25) is 0 Å². The van der Waals surface area contributed by atoms with Crippen molar-refractivity contribution in [2.45, 2.75) is 57.8 Å². The van der Waals surface area contributed by atoms with Gasteiger partial charge in [-0.05, 0) is 77.1 Å². The van der Waals surface area contributed by atoms with Gasteiger partial charge in [0, 0.05) is 3.57 Å². The summed E-state index contributed by atoms with van der Waals surface area (Å²) < 4.78 is 7.00. The Morgan fingerprint density at radius 2 is 1.30 bits per heavy atom. The summed E-state index contributed by atoms with van der Waals surface area (Å²) in [7, 11) is 0. The van der Waals surface area contributed by atoms with Crippen LogP contribution in [0.4, 0.5) is 0 Å². The first kappa shape index (κ1) is 21.5. The van der Waals surface area contributed by atoms with Gasteiger partial charge in [-0.25, -0.2) is 0 Å². The van der Waals surface area contributed by atoms with Crippen molar-refractivity contribution in [2.24, 2.45) is 5.92 Å². The first-order chi connectivity index (χ1) is 11.3. The summed E-state index contributed by atoms with van der Waals surface area (Å²) in [6.45, 7) is 0.843. The van der Waals surface area contributed by atoms with Crippen LogP contribution in [0.2, 0.25) is 0 Å². The van der Waals surface area contributed by atoms with Crippen molar-refractivity contribution in [1.29, 1.82) is 0 Å². The molecule has 0 fully saturated rings. The monoisotopic (exact) mass is 466 g/mol. The lowest BCUT2D eigenvalue weighted by Gasteiger charge is -2.10. The molecule has 0 atom stereocenters. The number of hydrogen-bond acceptors (Lipinski definition) is 3. The van der Waals surface area contributed by atoms with Gasteiger partial charge in [0.15, 0.2) is 0 Å². The number of ether oxygens (including phenoxy) is 1. The zero-order valence-electron chi connectivity index (χ0n) is 14.1. The van der Waals surface area contributed by atoms with Crippen LogP contribution in [0.25, 0.3) is 0 Å². The molecule has 0 aliphatic rings. The van der Waals surface area contributed by atoms with Gasteiger partial charge in [-0.2, -0.15) is 25.3 Å². The van der Waals surface area contributed by atoms with E-state index < -0.39 is 0 Å². The highest BCUT2D eigenvalue weighted by atomic mass is 127. The number of thiol groups is 2. The molecule has 1 rings (SSSR count). The summed E-state index contributed by atoms with van der Waals surface area (Å²) in [6, 6.07) is 8.27. The maximum atomic E-state index is 5.75. The summed E-state index contributed by atoms with van der Waals surface area (Å²) in [5, 5.41) is 0. The fourth-order valence-corrected chi connectivity index (χ4v) is 3.74. The quantitative estimate of drug-likeness (QED) is 0.177. The van der Waals surface area contributed by atoms with E-state index in [9.17, 15) is 0 Å². The van der Waals surface area contributed by atoms with Crippen LogP contribution < -0.4 is 4.74 Å². The topological polar surface area (TPSA) is 9.23 Å². The lowest BCUT2D eigenvalue weighted by atomic mass is 10.0. The highest BCUT2D eigenvalue weighted by Gasteiger charge is 2.03. The SMILES string of the molecule is SCC(CS)CCCCCCCCCCOc1ccc(I)cc1. The van der Waals surface area contributed by atoms with Crippen molar-refractivity contribution in [3.8, 4) is 5.75 Å². The second-order valence-corrected chi connectivity index (χ2v) is 8.13. The van der Waals surface area contributed by atoms with Crippen LogP contribution in [-0.2, 0) is 0 Å². The van der Waals surface area contributed by atoms with Crippen LogP contribution in [0.15, 0.2) is 24.3 Å². The molecule has 0 bridgehead atoms. The average molecular weight is 466 g/mol. The lowest BCUT2D eigenvalue weighted by molar-refractivity contribution is 0.304. The van der Waals surface area contributed by atoms with Crippen molar-refractivity contribution >= 4 is 47.8 Å². The minimum Gasteiger partial charge on any atom is -0.494 e. The van der Waals surface area contributed by atoms with Crippen LogP contribution in [0, 0.1) is 9.49 Å². The number of unbranched alkanes of at least 4 members (excludes halogenated alkanes) is 7. The van der Waals surface area contributed by atoms with Gasteiger partial charge in [0.05, 0.1) is 6.61 Å². The Hall–Kier alpha value is 0.450. The highest BCUT2D eigenvalue weighted by Crippen LogP contribution is 2.16. The molecule has 4 heteroatoms. The van der Waals surface area contributed by atoms with Gasteiger partial charge in [0.2, 0.25) is 0 Å². The second kappa shape index (κ2) is 14.8. The maximum Gasteiger partial charge on any atom is 0.119 e. The normalized spacial score (nSPS) is 11.1. The Balaban J connectivity index is 1.84. The molecule has 0 saturated heterocycles. The Kier molecular flexibility index (Phi) is 13.8. The second-order valence-electron chi connectivity index (χ2n) is 6.15. The largest absolute Gasteiger partial charge is 0.494 e. The van der Waals surface area contributed by atoms with E-state index in [1.165, 1.54) is 54.9 Å². The standard InChI is InChI=1S/C19H31IOS2/c20-18-10-12-19(13-11-18)21-14-8-6-4-2-1-3-5-7-9-17(15-22)16-23/h10-13,17,22-23H,1-9,14-16H2. The molecule has 132 valence electrons. The van der Waals surface area contributed by atoms with Crippen molar-refractivity contribution in [1.82, 2.24) is 0 Å². The summed E-state index contributed by atoms with van der Waals surface area (Å²) in [6.07, 6.45) is 11.9. The van der Waals surface area contributed by atoms with Crippen molar-refractivity contribution in [3.05, 3.63) is 27.8 Å². The Bertz CT molecular complexity index is 379. The highest BCUT2D eigenvalue weighted by molar-refractivity contribution is 14.1. The number of halogens is 1. The Morgan fingerprint density at radius 3 is 1.87 bits per heavy atom. The minimum atomic E-state index is 0.703. The van der Waals surface area contributed by atoms with Crippen LogP contribution in [-0.4, -0.2) is 18.1 Å². The molecule has 0 N–H and O–H groups in total. The molecule has 23 heavy (non-hydrogen) atoms. The van der Waals surface area contributed by atoms with Gasteiger partial charge >= 0.3 is 0 Å². The van der Waals surface area contributed by atoms with E-state index >= 15 is 0 Å². The molecule has 0 unspecified atom stereocenters. The molecule has 0 saturated carbocycles. The third kappa shape index (κ3) is 11.6. The molecule has 0 aromatic heterocycles. The fourth-order valence-electron chi connectivity index (χ4n) is 2.56. The molecule has 0 aliphatic carbocycles. The third-order valence-electron chi connectivity index (χ3n) is 4.11. The van der Waals surface area contributed by atoms with Crippen LogP contribution in [0.5, 0.6) is 5.75 Å². The zero-order valence-corrected chi connectivity index (χ0v) is 18.0. The lowest BCUT2D eigenvalue weighted by Crippen LogP contribution is -2.03. The molecule has 0 heterocycles. The van der Waals surface area contributed by atoms with Gasteiger partial charge < -0.3 is 4.74 Å². The first-order valence-electron chi connectivity index (χ1n) is 8.86. The maximum absolute atomic E-state index is 5.75. The number of rotatable bonds is 14. The van der Waals surface area contributed by atoms with Gasteiger partial charge in [-0.1, -0.05) is 44.9 Å². The van der Waals surface area contributed by atoms with E-state index in [0.29, 0.717) is 5.92 Å². The molecule has 0 amide bonds. The van der Waals surface area contributed by atoms with Gasteiger partial charge in [0.25, 0.3) is 0 Å². The van der Waals surface area contributed by atoms with Crippen LogP contribution in [0.3, 0.4) is 0 Å². The summed E-state index contributed by atoms with van der Waals surface area (Å²) in [5.41, 5.74) is 0. The third-order valence-corrected chi connectivity index (χ3v) is 5.86. The molecule has 1 aromatic carbocycles. The summed E-state index contributed by atoms with van der Waals surface area (Å²) in [4.78, 5) is 0. The van der Waals surface area contributed by atoms with Crippen molar-refractivity contribution < 1.29 is 4.74 Å². The predicted octanol–water partition coefficient (Wildman–Crippen LogP) is 6.66. The zero-order chi connectivity index (χ0) is 16.8. The molecule has 1 nitrogen and oxygen atoms in total. The van der Waals surface area contributed by atoms with E-state index in [1.807, 2.05) is 12.1 Å². The van der Waals surface area contributed by atoms with E-state index in [-0.39, 0.29) is 0 Å². The van der Waals surface area contributed by atoms with Crippen molar-refractivity contribution in [2.75, 3.05) is 18.1 Å². The minimum absolute atomic E-state index is 0.703. The van der Waals surface area contributed by atoms with E-state index in [4.69, 9.17) is 4.74 Å². The molecule has 0 radical (unpaired) electrons. The van der Waals surface area contributed by atoms with Gasteiger partial charge in [0.1, 0.15) is 5.75 Å². The van der Waals surface area contributed by atoms with Crippen molar-refractivity contribution in [3.63, 3.8) is 0 Å². The summed E-state index contributed by atoms with van der Waals surface area (Å²) in [5.74, 6) is 3.66. The molecule has 1 aromatic rings. The molecular formula is C19H31IOS2. The van der Waals surface area contributed by atoms with E-state index in [0.717, 1.165) is 30.3 Å². The van der Waals surface area contributed by atoms with Gasteiger partial charge in [-0.15, -0.1) is 0 Å². The summed E-state index contributed by atoms with van der Waals surface area (Å²) >= 11 is 11.0. The van der Waals surface area contributed by atoms with Crippen LogP contribution in [0.1, 0.15) is 57.8 Å². The molecule has 0 aliphatic heterocycles. The Labute approximate surface area is 167 Å². The first-order valence-corrected chi connectivity index (χ1v) is 11.2. The van der Waals surface area contributed by atoms with Crippen LogP contribution >= 0.6 is 47.8 Å².